The van der Waals surface area contributed by atoms with Gasteiger partial charge in [-0.25, -0.2) is 9.50 Å². The van der Waals surface area contributed by atoms with E-state index in [4.69, 9.17) is 4.74 Å². The number of hydrogen-bond acceptors (Lipinski definition) is 4. The number of amides is 1. The van der Waals surface area contributed by atoms with Crippen LogP contribution < -0.4 is 10.1 Å². The Morgan fingerprint density at radius 2 is 1.85 bits per heavy atom. The molecule has 2 aromatic carbocycles. The third-order valence-electron chi connectivity index (χ3n) is 4.08. The van der Waals surface area contributed by atoms with Crippen LogP contribution in [0.4, 0.5) is 5.69 Å². The van der Waals surface area contributed by atoms with Gasteiger partial charge in [0.2, 0.25) is 0 Å². The highest BCUT2D eigenvalue weighted by atomic mass is 16.5. The maximum atomic E-state index is 12.6. The third kappa shape index (κ3) is 3.50. The topological polar surface area (TPSA) is 68.5 Å². The largest absolute Gasteiger partial charge is 0.494 e. The Balaban J connectivity index is 1.61. The van der Waals surface area contributed by atoms with E-state index in [2.05, 4.69) is 15.4 Å². The average molecular weight is 358 g/mol. The lowest BCUT2D eigenvalue weighted by Crippen LogP contribution is -2.12. The number of nitrogens with one attached hydrogen (secondary N) is 1. The van der Waals surface area contributed by atoms with Gasteiger partial charge in [0, 0.05) is 23.5 Å². The summed E-state index contributed by atoms with van der Waals surface area (Å²) in [6.45, 7) is 2.53. The lowest BCUT2D eigenvalue weighted by Gasteiger charge is -2.06. The van der Waals surface area contributed by atoms with Crippen molar-refractivity contribution >= 4 is 17.2 Å². The number of rotatable bonds is 5. The van der Waals surface area contributed by atoms with Crippen LogP contribution in [0.2, 0.25) is 0 Å². The number of nitrogens with zero attached hydrogens (tertiary/aromatic N) is 3. The van der Waals surface area contributed by atoms with Gasteiger partial charge < -0.3 is 10.1 Å². The lowest BCUT2D eigenvalue weighted by atomic mass is 10.1. The summed E-state index contributed by atoms with van der Waals surface area (Å²) in [5.74, 6) is 0.476. The van der Waals surface area contributed by atoms with E-state index >= 15 is 0 Å². The van der Waals surface area contributed by atoms with Gasteiger partial charge in [0.05, 0.1) is 12.3 Å². The second-order valence-corrected chi connectivity index (χ2v) is 5.91. The van der Waals surface area contributed by atoms with Crippen molar-refractivity contribution in [2.24, 2.45) is 0 Å². The number of carbonyl (C=O) groups is 1. The normalized spacial score (nSPS) is 10.7. The minimum absolute atomic E-state index is 0.288. The number of aromatic nitrogens is 3. The molecule has 27 heavy (non-hydrogen) atoms. The fraction of sp³-hybridized carbons (Fsp3) is 0.0952. The molecule has 134 valence electrons. The summed E-state index contributed by atoms with van der Waals surface area (Å²) in [4.78, 5) is 16.9. The van der Waals surface area contributed by atoms with Crippen LogP contribution in [0.5, 0.6) is 5.75 Å². The van der Waals surface area contributed by atoms with Gasteiger partial charge in [0.1, 0.15) is 5.75 Å². The highest BCUT2D eigenvalue weighted by molar-refractivity contribution is 6.03. The molecule has 0 unspecified atom stereocenters. The molecule has 1 amide bonds. The molecule has 0 radical (unpaired) electrons. The first kappa shape index (κ1) is 16.8. The summed E-state index contributed by atoms with van der Waals surface area (Å²) in [6.07, 6.45) is 1.72. The van der Waals surface area contributed by atoms with Gasteiger partial charge in [-0.05, 0) is 37.3 Å². The maximum absolute atomic E-state index is 12.6. The molecule has 6 nitrogen and oxygen atoms in total. The van der Waals surface area contributed by atoms with Crippen LogP contribution in [0.1, 0.15) is 17.4 Å². The van der Waals surface area contributed by atoms with E-state index in [1.807, 2.05) is 55.5 Å². The first-order chi connectivity index (χ1) is 13.2. The molecule has 0 aliphatic rings. The fourth-order valence-electron chi connectivity index (χ4n) is 2.83. The molecule has 0 saturated carbocycles. The first-order valence-corrected chi connectivity index (χ1v) is 8.69. The quantitative estimate of drug-likeness (QED) is 0.584. The molecule has 2 heterocycles. The summed E-state index contributed by atoms with van der Waals surface area (Å²) in [7, 11) is 0. The van der Waals surface area contributed by atoms with Crippen molar-refractivity contribution in [3.8, 4) is 17.0 Å². The Labute approximate surface area is 156 Å². The third-order valence-corrected chi connectivity index (χ3v) is 4.08. The van der Waals surface area contributed by atoms with Crippen molar-refractivity contribution < 1.29 is 9.53 Å². The van der Waals surface area contributed by atoms with Crippen LogP contribution in [0.25, 0.3) is 16.9 Å². The monoisotopic (exact) mass is 358 g/mol. The van der Waals surface area contributed by atoms with E-state index in [1.54, 1.807) is 28.9 Å². The second kappa shape index (κ2) is 7.29. The van der Waals surface area contributed by atoms with Crippen molar-refractivity contribution in [1.29, 1.82) is 0 Å². The van der Waals surface area contributed by atoms with Gasteiger partial charge in [-0.15, -0.1) is 0 Å². The SMILES string of the molecule is CCOc1ccc(NC(=O)c2cc3nccc(-c4ccccc4)n3n2)cc1. The number of anilines is 1. The minimum atomic E-state index is -0.288. The van der Waals surface area contributed by atoms with Crippen LogP contribution in [-0.2, 0) is 0 Å². The summed E-state index contributed by atoms with van der Waals surface area (Å²) in [5.41, 5.74) is 3.48. The molecule has 4 rings (SSSR count). The molecular weight excluding hydrogens is 340 g/mol. The van der Waals surface area contributed by atoms with Gasteiger partial charge in [-0.1, -0.05) is 30.3 Å². The van der Waals surface area contributed by atoms with Crippen LogP contribution in [0.15, 0.2) is 72.9 Å². The van der Waals surface area contributed by atoms with E-state index in [9.17, 15) is 4.79 Å². The average Bonchev–Trinajstić information content (AvgIpc) is 3.15. The molecule has 0 fully saturated rings. The molecule has 2 aromatic heterocycles. The predicted octanol–water partition coefficient (Wildman–Crippen LogP) is 4.05. The Bertz CT molecular complexity index is 1070. The Morgan fingerprint density at radius 3 is 2.59 bits per heavy atom. The van der Waals surface area contributed by atoms with Crippen molar-refractivity contribution in [3.05, 3.63) is 78.6 Å². The molecule has 6 heteroatoms. The van der Waals surface area contributed by atoms with Crippen molar-refractivity contribution in [1.82, 2.24) is 14.6 Å². The van der Waals surface area contributed by atoms with Gasteiger partial charge in [0.15, 0.2) is 11.3 Å². The standard InChI is InChI=1S/C21H18N4O2/c1-2-27-17-10-8-16(9-11-17)23-21(26)18-14-20-22-13-12-19(25(20)24-18)15-6-4-3-5-7-15/h3-14H,2H2,1H3,(H,23,26). The summed E-state index contributed by atoms with van der Waals surface area (Å²) in [5, 5.41) is 7.30. The summed E-state index contributed by atoms with van der Waals surface area (Å²) < 4.78 is 7.09. The molecule has 0 bridgehead atoms. The highest BCUT2D eigenvalue weighted by Crippen LogP contribution is 2.20. The summed E-state index contributed by atoms with van der Waals surface area (Å²) in [6, 6.07) is 20.7. The first-order valence-electron chi connectivity index (χ1n) is 8.69. The van der Waals surface area contributed by atoms with Crippen LogP contribution in [0, 0.1) is 0 Å². The van der Waals surface area contributed by atoms with E-state index in [1.165, 1.54) is 0 Å². The van der Waals surface area contributed by atoms with Gasteiger partial charge >= 0.3 is 0 Å². The predicted molar refractivity (Wildman–Crippen MR) is 104 cm³/mol. The van der Waals surface area contributed by atoms with E-state index in [-0.39, 0.29) is 5.91 Å². The van der Waals surface area contributed by atoms with Gasteiger partial charge in [0.25, 0.3) is 5.91 Å². The number of hydrogen-bond donors (Lipinski definition) is 1. The Hall–Kier alpha value is -3.67. The minimum Gasteiger partial charge on any atom is -0.494 e. The number of fused-ring (bicyclic) bond motifs is 1. The number of carbonyl (C=O) groups excluding carboxylic acids is 1. The molecule has 0 aliphatic heterocycles. The maximum Gasteiger partial charge on any atom is 0.276 e. The van der Waals surface area contributed by atoms with Gasteiger partial charge in [-0.2, -0.15) is 5.10 Å². The molecule has 0 atom stereocenters. The smallest absolute Gasteiger partial charge is 0.276 e. The van der Waals surface area contributed by atoms with Crippen molar-refractivity contribution in [3.63, 3.8) is 0 Å². The Morgan fingerprint density at radius 1 is 1.07 bits per heavy atom. The molecule has 0 spiro atoms. The highest BCUT2D eigenvalue weighted by Gasteiger charge is 2.14. The van der Waals surface area contributed by atoms with Crippen molar-refractivity contribution in [2.45, 2.75) is 6.92 Å². The van der Waals surface area contributed by atoms with E-state index in [0.717, 1.165) is 17.0 Å². The molecule has 1 N–H and O–H groups in total. The van der Waals surface area contributed by atoms with E-state index < -0.39 is 0 Å². The fourth-order valence-corrected chi connectivity index (χ4v) is 2.83. The summed E-state index contributed by atoms with van der Waals surface area (Å²) >= 11 is 0. The lowest BCUT2D eigenvalue weighted by molar-refractivity contribution is 0.102. The number of ether oxygens (including phenoxy) is 1. The van der Waals surface area contributed by atoms with Crippen LogP contribution in [-0.4, -0.2) is 27.1 Å². The Kier molecular flexibility index (Phi) is 4.53. The molecule has 0 saturated heterocycles. The molecular formula is C21H18N4O2. The zero-order chi connectivity index (χ0) is 18.6. The number of benzene rings is 2. The second-order valence-electron chi connectivity index (χ2n) is 5.91. The molecule has 4 aromatic rings. The van der Waals surface area contributed by atoms with Crippen LogP contribution >= 0.6 is 0 Å². The zero-order valence-electron chi connectivity index (χ0n) is 14.8. The van der Waals surface area contributed by atoms with Crippen molar-refractivity contribution in [2.75, 3.05) is 11.9 Å². The van der Waals surface area contributed by atoms with Crippen LogP contribution in [0.3, 0.4) is 0 Å². The van der Waals surface area contributed by atoms with E-state index in [0.29, 0.717) is 23.6 Å². The zero-order valence-corrected chi connectivity index (χ0v) is 14.8. The molecule has 0 aliphatic carbocycles. The van der Waals surface area contributed by atoms with Gasteiger partial charge in [-0.3, -0.25) is 4.79 Å².